The van der Waals surface area contributed by atoms with Gasteiger partial charge in [0.2, 0.25) is 5.91 Å². The molecule has 0 aromatic carbocycles. The SMILES string of the molecule is CCC(C)(CC)NC(=O)CC(C)C1CCNCC1.Cl. The molecule has 3 nitrogen and oxygen atoms in total. The first kappa shape index (κ1) is 18.7. The first-order valence-electron chi connectivity index (χ1n) is 7.52. The second-order valence-corrected chi connectivity index (χ2v) is 6.08. The number of hydrogen-bond donors (Lipinski definition) is 2. The second kappa shape index (κ2) is 8.80. The van der Waals surface area contributed by atoms with Gasteiger partial charge in [-0.3, -0.25) is 4.79 Å². The molecular weight excluding hydrogens is 260 g/mol. The summed E-state index contributed by atoms with van der Waals surface area (Å²) in [5.74, 6) is 1.45. The van der Waals surface area contributed by atoms with Gasteiger partial charge in [0.25, 0.3) is 0 Å². The van der Waals surface area contributed by atoms with Crippen LogP contribution >= 0.6 is 12.4 Å². The van der Waals surface area contributed by atoms with E-state index in [1.807, 2.05) is 0 Å². The molecule has 1 unspecified atom stereocenters. The number of piperidine rings is 1. The smallest absolute Gasteiger partial charge is 0.220 e. The average molecular weight is 291 g/mol. The summed E-state index contributed by atoms with van der Waals surface area (Å²) in [6.07, 6.45) is 5.11. The fourth-order valence-electron chi connectivity index (χ4n) is 2.69. The van der Waals surface area contributed by atoms with E-state index >= 15 is 0 Å². The molecule has 0 aromatic rings. The molecule has 1 saturated heterocycles. The molecule has 1 aliphatic rings. The summed E-state index contributed by atoms with van der Waals surface area (Å²) in [7, 11) is 0. The maximum atomic E-state index is 12.1. The van der Waals surface area contributed by atoms with Gasteiger partial charge in [0.15, 0.2) is 0 Å². The van der Waals surface area contributed by atoms with Crippen LogP contribution in [0, 0.1) is 11.8 Å². The largest absolute Gasteiger partial charge is 0.351 e. The van der Waals surface area contributed by atoms with Gasteiger partial charge in [-0.05, 0) is 57.5 Å². The summed E-state index contributed by atoms with van der Waals surface area (Å²) < 4.78 is 0. The molecule has 0 spiro atoms. The van der Waals surface area contributed by atoms with Gasteiger partial charge in [-0.2, -0.15) is 0 Å². The highest BCUT2D eigenvalue weighted by molar-refractivity contribution is 5.85. The maximum Gasteiger partial charge on any atom is 0.220 e. The minimum Gasteiger partial charge on any atom is -0.351 e. The Morgan fingerprint density at radius 2 is 1.84 bits per heavy atom. The third-order valence-corrected chi connectivity index (χ3v) is 4.70. The van der Waals surface area contributed by atoms with Crippen molar-refractivity contribution in [3.8, 4) is 0 Å². The fourth-order valence-corrected chi connectivity index (χ4v) is 2.69. The third kappa shape index (κ3) is 6.13. The van der Waals surface area contributed by atoms with E-state index in [0.717, 1.165) is 25.9 Å². The van der Waals surface area contributed by atoms with Crippen molar-refractivity contribution in [1.29, 1.82) is 0 Å². The lowest BCUT2D eigenvalue weighted by molar-refractivity contribution is -0.124. The Morgan fingerprint density at radius 3 is 2.32 bits per heavy atom. The first-order chi connectivity index (χ1) is 8.50. The normalized spacial score (nSPS) is 18.5. The number of rotatable bonds is 6. The van der Waals surface area contributed by atoms with E-state index in [0.29, 0.717) is 18.3 Å². The van der Waals surface area contributed by atoms with Gasteiger partial charge in [0.05, 0.1) is 0 Å². The molecule has 4 heteroatoms. The van der Waals surface area contributed by atoms with Gasteiger partial charge >= 0.3 is 0 Å². The number of hydrogen-bond acceptors (Lipinski definition) is 2. The van der Waals surface area contributed by atoms with E-state index in [-0.39, 0.29) is 23.9 Å². The van der Waals surface area contributed by atoms with Crippen LogP contribution in [0.2, 0.25) is 0 Å². The van der Waals surface area contributed by atoms with E-state index in [1.165, 1.54) is 12.8 Å². The monoisotopic (exact) mass is 290 g/mol. The first-order valence-corrected chi connectivity index (χ1v) is 7.52. The van der Waals surface area contributed by atoms with Crippen LogP contribution in [0.3, 0.4) is 0 Å². The molecule has 1 amide bonds. The van der Waals surface area contributed by atoms with Crippen molar-refractivity contribution in [3.05, 3.63) is 0 Å². The van der Waals surface area contributed by atoms with Gasteiger partial charge in [-0.15, -0.1) is 12.4 Å². The Hall–Kier alpha value is -0.280. The molecule has 1 fully saturated rings. The lowest BCUT2D eigenvalue weighted by Crippen LogP contribution is -2.45. The average Bonchev–Trinajstić information content (AvgIpc) is 2.39. The number of carbonyl (C=O) groups excluding carboxylic acids is 1. The second-order valence-electron chi connectivity index (χ2n) is 6.08. The zero-order chi connectivity index (χ0) is 13.6. The molecule has 0 aromatic heterocycles. The van der Waals surface area contributed by atoms with E-state index in [4.69, 9.17) is 0 Å². The standard InChI is InChI=1S/C15H30N2O.ClH/c1-5-15(4,6-2)17-14(18)11-12(3)13-7-9-16-10-8-13;/h12-13,16H,5-11H2,1-4H3,(H,17,18);1H. The van der Waals surface area contributed by atoms with Gasteiger partial charge < -0.3 is 10.6 Å². The summed E-state index contributed by atoms with van der Waals surface area (Å²) in [6, 6.07) is 0. The van der Waals surface area contributed by atoms with E-state index in [9.17, 15) is 4.79 Å². The summed E-state index contributed by atoms with van der Waals surface area (Å²) >= 11 is 0. The third-order valence-electron chi connectivity index (χ3n) is 4.70. The molecule has 1 rings (SSSR count). The van der Waals surface area contributed by atoms with Crippen LogP contribution in [-0.2, 0) is 4.79 Å². The van der Waals surface area contributed by atoms with Crippen LogP contribution in [0.15, 0.2) is 0 Å². The number of carbonyl (C=O) groups is 1. The van der Waals surface area contributed by atoms with Crippen molar-refractivity contribution in [3.63, 3.8) is 0 Å². The summed E-state index contributed by atoms with van der Waals surface area (Å²) in [5.41, 5.74) is -0.0229. The Labute approximate surface area is 124 Å². The molecule has 0 bridgehead atoms. The van der Waals surface area contributed by atoms with Crippen LogP contribution in [0.4, 0.5) is 0 Å². The maximum absolute atomic E-state index is 12.1. The van der Waals surface area contributed by atoms with Gasteiger partial charge in [0, 0.05) is 12.0 Å². The fraction of sp³-hybridized carbons (Fsp3) is 0.933. The molecule has 19 heavy (non-hydrogen) atoms. The minimum absolute atomic E-state index is 0. The van der Waals surface area contributed by atoms with E-state index < -0.39 is 0 Å². The van der Waals surface area contributed by atoms with Crippen LogP contribution < -0.4 is 10.6 Å². The molecule has 0 aliphatic carbocycles. The Bertz CT molecular complexity index is 261. The molecule has 1 heterocycles. The lowest BCUT2D eigenvalue weighted by Gasteiger charge is -2.31. The predicted octanol–water partition coefficient (Wildman–Crippen LogP) is 3.13. The van der Waals surface area contributed by atoms with Crippen molar-refractivity contribution < 1.29 is 4.79 Å². The van der Waals surface area contributed by atoms with Crippen LogP contribution in [0.1, 0.15) is 59.8 Å². The molecule has 2 N–H and O–H groups in total. The minimum atomic E-state index is -0.0229. The van der Waals surface area contributed by atoms with Gasteiger partial charge in [-0.1, -0.05) is 20.8 Å². The van der Waals surface area contributed by atoms with Crippen LogP contribution in [0.25, 0.3) is 0 Å². The topological polar surface area (TPSA) is 41.1 Å². The number of nitrogens with one attached hydrogen (secondary N) is 2. The Balaban J connectivity index is 0.00000324. The van der Waals surface area contributed by atoms with Crippen molar-refractivity contribution in [1.82, 2.24) is 10.6 Å². The Kier molecular flexibility index (Phi) is 8.67. The van der Waals surface area contributed by atoms with Crippen LogP contribution in [-0.4, -0.2) is 24.5 Å². The highest BCUT2D eigenvalue weighted by Gasteiger charge is 2.25. The van der Waals surface area contributed by atoms with Gasteiger partial charge in [0.1, 0.15) is 0 Å². The molecule has 114 valence electrons. The molecule has 0 radical (unpaired) electrons. The van der Waals surface area contributed by atoms with E-state index in [2.05, 4.69) is 38.3 Å². The molecule has 1 aliphatic heterocycles. The van der Waals surface area contributed by atoms with Crippen molar-refractivity contribution in [2.24, 2.45) is 11.8 Å². The lowest BCUT2D eigenvalue weighted by atomic mass is 9.83. The number of halogens is 1. The Morgan fingerprint density at radius 1 is 1.32 bits per heavy atom. The summed E-state index contributed by atoms with van der Waals surface area (Å²) in [5, 5.41) is 6.59. The zero-order valence-electron chi connectivity index (χ0n) is 12.9. The highest BCUT2D eigenvalue weighted by Crippen LogP contribution is 2.24. The van der Waals surface area contributed by atoms with Crippen LogP contribution in [0.5, 0.6) is 0 Å². The summed E-state index contributed by atoms with van der Waals surface area (Å²) in [6.45, 7) is 10.9. The quantitative estimate of drug-likeness (QED) is 0.789. The van der Waals surface area contributed by atoms with Crippen molar-refractivity contribution >= 4 is 18.3 Å². The van der Waals surface area contributed by atoms with Crippen molar-refractivity contribution in [2.45, 2.75) is 65.3 Å². The van der Waals surface area contributed by atoms with Gasteiger partial charge in [-0.25, -0.2) is 0 Å². The molecule has 1 atom stereocenters. The highest BCUT2D eigenvalue weighted by atomic mass is 35.5. The predicted molar refractivity (Wildman–Crippen MR) is 83.8 cm³/mol. The number of amides is 1. The molecular formula is C15H31ClN2O. The summed E-state index contributed by atoms with van der Waals surface area (Å²) in [4.78, 5) is 12.1. The van der Waals surface area contributed by atoms with E-state index in [1.54, 1.807) is 0 Å². The zero-order valence-corrected chi connectivity index (χ0v) is 13.7. The van der Waals surface area contributed by atoms with Crippen molar-refractivity contribution in [2.75, 3.05) is 13.1 Å². The molecule has 0 saturated carbocycles.